The van der Waals surface area contributed by atoms with Crippen molar-refractivity contribution in [2.24, 2.45) is 0 Å². The minimum Gasteiger partial charge on any atom is -0.468 e. The monoisotopic (exact) mass is 286 g/mol. The Balaban J connectivity index is 1.66. The summed E-state index contributed by atoms with van der Waals surface area (Å²) in [7, 11) is 0. The van der Waals surface area contributed by atoms with Crippen LogP contribution < -0.4 is 15.4 Å². The lowest BCUT2D eigenvalue weighted by Gasteiger charge is -2.24. The van der Waals surface area contributed by atoms with Crippen LogP contribution in [0.5, 0.6) is 5.75 Å². The molecule has 21 heavy (non-hydrogen) atoms. The summed E-state index contributed by atoms with van der Waals surface area (Å²) in [4.78, 5) is 24.0. The predicted molar refractivity (Wildman–Crippen MR) is 74.8 cm³/mol. The summed E-state index contributed by atoms with van der Waals surface area (Å²) in [5.41, 5.74) is 0.563. The van der Waals surface area contributed by atoms with Gasteiger partial charge < -0.3 is 19.8 Å². The van der Waals surface area contributed by atoms with Gasteiger partial charge in [0.05, 0.1) is 12.2 Å². The summed E-state index contributed by atoms with van der Waals surface area (Å²) in [6, 6.07) is 10.5. The number of hydrogen-bond acceptors (Lipinski definition) is 4. The number of rotatable bonds is 3. The van der Waals surface area contributed by atoms with E-state index in [4.69, 9.17) is 9.15 Å². The summed E-state index contributed by atoms with van der Waals surface area (Å²) < 4.78 is 10.8. The highest BCUT2D eigenvalue weighted by Crippen LogP contribution is 2.28. The van der Waals surface area contributed by atoms with E-state index in [1.54, 1.807) is 30.3 Å². The number of nitrogens with one attached hydrogen (secondary N) is 2. The van der Waals surface area contributed by atoms with E-state index < -0.39 is 17.9 Å². The molecular weight excluding hydrogens is 272 g/mol. The van der Waals surface area contributed by atoms with Gasteiger partial charge in [-0.3, -0.25) is 9.59 Å². The molecule has 1 atom stereocenters. The van der Waals surface area contributed by atoms with Crippen molar-refractivity contribution in [3.63, 3.8) is 0 Å². The van der Waals surface area contributed by atoms with Crippen molar-refractivity contribution in [1.29, 1.82) is 0 Å². The summed E-state index contributed by atoms with van der Waals surface area (Å²) in [6.07, 6.45) is -1.20. The molecule has 2 N–H and O–H groups in total. The number of anilines is 1. The summed E-state index contributed by atoms with van der Waals surface area (Å²) >= 11 is 0. The molecule has 2 heterocycles. The molecule has 0 fully saturated rings. The molecule has 0 saturated heterocycles. The number of fused-ring (bicyclic) bond motifs is 1. The maximum atomic E-state index is 12.1. The van der Waals surface area contributed by atoms with E-state index in [0.717, 1.165) is 5.76 Å². The molecule has 2 amide bonds. The van der Waals surface area contributed by atoms with Gasteiger partial charge >= 0.3 is 0 Å². The molecule has 0 bridgehead atoms. The van der Waals surface area contributed by atoms with Crippen LogP contribution in [0, 0.1) is 6.92 Å². The second kappa shape index (κ2) is 5.32. The first-order valence-corrected chi connectivity index (χ1v) is 6.53. The lowest BCUT2D eigenvalue weighted by atomic mass is 10.2. The molecule has 0 saturated carbocycles. The van der Waals surface area contributed by atoms with E-state index >= 15 is 0 Å². The number of hydrogen-bond donors (Lipinski definition) is 2. The number of amides is 2. The van der Waals surface area contributed by atoms with Crippen molar-refractivity contribution in [1.82, 2.24) is 5.32 Å². The minimum atomic E-state index is -1.20. The normalized spacial score (nSPS) is 16.6. The first-order valence-electron chi connectivity index (χ1n) is 6.53. The van der Waals surface area contributed by atoms with Gasteiger partial charge in [-0.1, -0.05) is 12.1 Å². The molecule has 6 heteroatoms. The zero-order valence-corrected chi connectivity index (χ0v) is 11.4. The van der Waals surface area contributed by atoms with Gasteiger partial charge in [0.1, 0.15) is 17.3 Å². The molecule has 1 unspecified atom stereocenters. The number of furan rings is 1. The Hall–Kier alpha value is -2.76. The highest BCUT2D eigenvalue weighted by atomic mass is 16.5. The molecule has 108 valence electrons. The van der Waals surface area contributed by atoms with Gasteiger partial charge in [-0.15, -0.1) is 0 Å². The molecule has 3 rings (SSSR count). The van der Waals surface area contributed by atoms with Crippen LogP contribution in [0.3, 0.4) is 0 Å². The largest absolute Gasteiger partial charge is 0.468 e. The third-order valence-corrected chi connectivity index (χ3v) is 3.10. The van der Waals surface area contributed by atoms with Crippen molar-refractivity contribution in [2.75, 3.05) is 5.32 Å². The molecule has 6 nitrogen and oxygen atoms in total. The Morgan fingerprint density at radius 1 is 1.29 bits per heavy atom. The zero-order chi connectivity index (χ0) is 14.8. The predicted octanol–water partition coefficient (Wildman–Crippen LogP) is 1.60. The summed E-state index contributed by atoms with van der Waals surface area (Å²) in [5.74, 6) is 0.876. The minimum absolute atomic E-state index is 0.210. The van der Waals surface area contributed by atoms with Gasteiger partial charge in [0, 0.05) is 0 Å². The molecule has 1 aliphatic rings. The third-order valence-electron chi connectivity index (χ3n) is 3.10. The average Bonchev–Trinajstić information content (AvgIpc) is 2.89. The zero-order valence-electron chi connectivity index (χ0n) is 11.4. The highest BCUT2D eigenvalue weighted by Gasteiger charge is 2.33. The molecule has 1 aliphatic heterocycles. The van der Waals surface area contributed by atoms with Gasteiger partial charge in [0.15, 0.2) is 0 Å². The number of carbonyl (C=O) groups is 2. The van der Waals surface area contributed by atoms with Crippen LogP contribution in [0.4, 0.5) is 5.69 Å². The number of carbonyl (C=O) groups excluding carboxylic acids is 2. The number of benzene rings is 1. The van der Waals surface area contributed by atoms with Crippen LogP contribution in [0.25, 0.3) is 0 Å². The maximum Gasteiger partial charge on any atom is 0.275 e. The molecule has 0 spiro atoms. The van der Waals surface area contributed by atoms with E-state index in [1.807, 2.05) is 13.0 Å². The lowest BCUT2D eigenvalue weighted by Crippen LogP contribution is -2.48. The van der Waals surface area contributed by atoms with Crippen LogP contribution in [0.15, 0.2) is 40.8 Å². The van der Waals surface area contributed by atoms with E-state index in [2.05, 4.69) is 10.6 Å². The quantitative estimate of drug-likeness (QED) is 0.840. The van der Waals surface area contributed by atoms with Crippen LogP contribution in [-0.4, -0.2) is 17.9 Å². The Bertz CT molecular complexity index is 692. The second-order valence-corrected chi connectivity index (χ2v) is 4.71. The van der Waals surface area contributed by atoms with Gasteiger partial charge in [-0.05, 0) is 31.2 Å². The topological polar surface area (TPSA) is 80.6 Å². The number of ether oxygens (including phenoxy) is 1. The molecule has 0 radical (unpaired) electrons. The van der Waals surface area contributed by atoms with Crippen LogP contribution in [0.2, 0.25) is 0 Å². The van der Waals surface area contributed by atoms with Gasteiger partial charge in [-0.2, -0.15) is 0 Å². The van der Waals surface area contributed by atoms with Crippen molar-refractivity contribution < 1.29 is 18.7 Å². The van der Waals surface area contributed by atoms with E-state index in [0.29, 0.717) is 17.2 Å². The van der Waals surface area contributed by atoms with Gasteiger partial charge in [0.25, 0.3) is 17.9 Å². The SMILES string of the molecule is Cc1ccc(CNC(=O)C2Oc3ccccc3NC2=O)o1. The van der Waals surface area contributed by atoms with E-state index in [9.17, 15) is 9.59 Å². The van der Waals surface area contributed by atoms with Gasteiger partial charge in [-0.25, -0.2) is 0 Å². The Morgan fingerprint density at radius 2 is 2.10 bits per heavy atom. The highest BCUT2D eigenvalue weighted by molar-refractivity contribution is 6.11. The fourth-order valence-corrected chi connectivity index (χ4v) is 2.07. The van der Waals surface area contributed by atoms with Crippen molar-refractivity contribution >= 4 is 17.5 Å². The summed E-state index contributed by atoms with van der Waals surface area (Å²) in [6.45, 7) is 2.03. The molecule has 2 aromatic rings. The average molecular weight is 286 g/mol. The second-order valence-electron chi connectivity index (χ2n) is 4.71. The lowest BCUT2D eigenvalue weighted by molar-refractivity contribution is -0.137. The van der Waals surface area contributed by atoms with Crippen LogP contribution in [-0.2, 0) is 16.1 Å². The van der Waals surface area contributed by atoms with Crippen LogP contribution >= 0.6 is 0 Å². The third kappa shape index (κ3) is 2.74. The molecular formula is C15H14N2O4. The summed E-state index contributed by atoms with van der Waals surface area (Å²) in [5, 5.41) is 5.27. The smallest absolute Gasteiger partial charge is 0.275 e. The maximum absolute atomic E-state index is 12.1. The Kier molecular flexibility index (Phi) is 3.35. The Labute approximate surface area is 121 Å². The molecule has 1 aromatic carbocycles. The van der Waals surface area contributed by atoms with Crippen LogP contribution in [0.1, 0.15) is 11.5 Å². The Morgan fingerprint density at radius 3 is 2.86 bits per heavy atom. The van der Waals surface area contributed by atoms with Gasteiger partial charge in [0.2, 0.25) is 0 Å². The van der Waals surface area contributed by atoms with Crippen molar-refractivity contribution in [3.8, 4) is 5.75 Å². The first-order chi connectivity index (χ1) is 10.1. The molecule has 1 aromatic heterocycles. The number of aryl methyl sites for hydroxylation is 1. The fraction of sp³-hybridized carbons (Fsp3) is 0.200. The van der Waals surface area contributed by atoms with Crippen molar-refractivity contribution in [2.45, 2.75) is 19.6 Å². The first kappa shape index (κ1) is 13.2. The number of para-hydroxylation sites is 2. The van der Waals surface area contributed by atoms with E-state index in [1.165, 1.54) is 0 Å². The fourth-order valence-electron chi connectivity index (χ4n) is 2.07. The standard InChI is InChI=1S/C15H14N2O4/c1-9-6-7-10(20-9)8-16-14(18)13-15(19)17-11-4-2-3-5-12(11)21-13/h2-7,13H,8H2,1H3,(H,16,18)(H,17,19). The van der Waals surface area contributed by atoms with Crippen molar-refractivity contribution in [3.05, 3.63) is 47.9 Å². The van der Waals surface area contributed by atoms with E-state index in [-0.39, 0.29) is 6.54 Å². The molecule has 0 aliphatic carbocycles.